The molecule has 0 aliphatic heterocycles. The number of nitrogen functional groups attached to an aromatic ring is 1. The Morgan fingerprint density at radius 3 is 2.55 bits per heavy atom. The van der Waals surface area contributed by atoms with Crippen LogP contribution in [-0.2, 0) is 4.74 Å². The van der Waals surface area contributed by atoms with E-state index in [9.17, 15) is 0 Å². The average molecular weight is 296 g/mol. The minimum atomic E-state index is 0.476. The van der Waals surface area contributed by atoms with Gasteiger partial charge in [-0.25, -0.2) is 0 Å². The molecule has 0 atom stereocenters. The van der Waals surface area contributed by atoms with Crippen molar-refractivity contribution < 1.29 is 4.74 Å². The summed E-state index contributed by atoms with van der Waals surface area (Å²) in [5.74, 6) is 1.49. The van der Waals surface area contributed by atoms with Crippen molar-refractivity contribution >= 4 is 17.7 Å². The number of ether oxygens (including phenoxy) is 1. The molecule has 0 spiro atoms. The highest BCUT2D eigenvalue weighted by atomic mass is 32.2. The van der Waals surface area contributed by atoms with Crippen LogP contribution in [0.15, 0.2) is 5.16 Å². The van der Waals surface area contributed by atoms with Gasteiger partial charge in [0.2, 0.25) is 5.95 Å². The van der Waals surface area contributed by atoms with Gasteiger partial charge >= 0.3 is 0 Å². The summed E-state index contributed by atoms with van der Waals surface area (Å²) in [6.07, 6.45) is 10.7. The summed E-state index contributed by atoms with van der Waals surface area (Å²) in [6, 6.07) is 0.537. The maximum absolute atomic E-state index is 6.00. The second-order valence-electron chi connectivity index (χ2n) is 5.77. The standard InChI is InChI=1S/C14H24N4OS/c15-13-16-17-14(18(13)11-7-8-11)20-10-9-19-12-5-3-1-2-4-6-12/h11-12H,1-10H2,(H2,15,16). The van der Waals surface area contributed by atoms with E-state index in [1.165, 1.54) is 51.4 Å². The van der Waals surface area contributed by atoms with Crippen LogP contribution in [0.4, 0.5) is 5.95 Å². The van der Waals surface area contributed by atoms with E-state index >= 15 is 0 Å². The molecule has 0 radical (unpaired) electrons. The summed E-state index contributed by atoms with van der Waals surface area (Å²) in [5.41, 5.74) is 5.87. The van der Waals surface area contributed by atoms with E-state index in [0.717, 1.165) is 17.5 Å². The van der Waals surface area contributed by atoms with Crippen molar-refractivity contribution in [3.63, 3.8) is 0 Å². The molecule has 112 valence electrons. The Kier molecular flexibility index (Phi) is 4.83. The Morgan fingerprint density at radius 1 is 1.10 bits per heavy atom. The fraction of sp³-hybridized carbons (Fsp3) is 0.857. The van der Waals surface area contributed by atoms with Crippen LogP contribution in [0.1, 0.15) is 57.4 Å². The lowest BCUT2D eigenvalue weighted by atomic mass is 10.1. The maximum atomic E-state index is 6.00. The van der Waals surface area contributed by atoms with Gasteiger partial charge in [0.1, 0.15) is 0 Å². The van der Waals surface area contributed by atoms with E-state index in [2.05, 4.69) is 14.8 Å². The smallest absolute Gasteiger partial charge is 0.222 e. The number of hydrogen-bond acceptors (Lipinski definition) is 5. The van der Waals surface area contributed by atoms with Crippen molar-refractivity contribution in [1.29, 1.82) is 0 Å². The zero-order valence-electron chi connectivity index (χ0n) is 12.0. The summed E-state index contributed by atoms with van der Waals surface area (Å²) >= 11 is 1.71. The molecule has 0 saturated heterocycles. The number of hydrogen-bond donors (Lipinski definition) is 1. The van der Waals surface area contributed by atoms with E-state index in [0.29, 0.717) is 18.1 Å². The maximum Gasteiger partial charge on any atom is 0.222 e. The molecule has 2 aliphatic carbocycles. The monoisotopic (exact) mass is 296 g/mol. The predicted molar refractivity (Wildman–Crippen MR) is 80.9 cm³/mol. The van der Waals surface area contributed by atoms with Crippen LogP contribution in [0.2, 0.25) is 0 Å². The van der Waals surface area contributed by atoms with Gasteiger partial charge < -0.3 is 10.5 Å². The fourth-order valence-corrected chi connectivity index (χ4v) is 3.66. The molecular weight excluding hydrogens is 272 g/mol. The highest BCUT2D eigenvalue weighted by Crippen LogP contribution is 2.39. The predicted octanol–water partition coefficient (Wildman–Crippen LogP) is 3.03. The van der Waals surface area contributed by atoms with Gasteiger partial charge in [-0.05, 0) is 25.7 Å². The minimum absolute atomic E-state index is 0.476. The van der Waals surface area contributed by atoms with Crippen molar-refractivity contribution in [2.75, 3.05) is 18.1 Å². The normalized spacial score (nSPS) is 21.0. The van der Waals surface area contributed by atoms with Crippen LogP contribution in [0.25, 0.3) is 0 Å². The summed E-state index contributed by atoms with van der Waals surface area (Å²) in [6.45, 7) is 0.798. The highest BCUT2D eigenvalue weighted by Gasteiger charge is 2.28. The molecule has 5 nitrogen and oxygen atoms in total. The van der Waals surface area contributed by atoms with Crippen molar-refractivity contribution in [1.82, 2.24) is 14.8 Å². The summed E-state index contributed by atoms with van der Waals surface area (Å²) in [5, 5.41) is 9.11. The van der Waals surface area contributed by atoms with Crippen molar-refractivity contribution in [3.8, 4) is 0 Å². The SMILES string of the molecule is Nc1nnc(SCCOC2CCCCCC2)n1C1CC1. The Bertz CT molecular complexity index is 425. The third kappa shape index (κ3) is 3.67. The molecule has 0 unspecified atom stereocenters. The topological polar surface area (TPSA) is 66.0 Å². The molecule has 1 aromatic heterocycles. The summed E-state index contributed by atoms with van der Waals surface area (Å²) < 4.78 is 8.08. The van der Waals surface area contributed by atoms with E-state index in [4.69, 9.17) is 10.5 Å². The number of thioether (sulfide) groups is 1. The number of anilines is 1. The average Bonchev–Trinajstić information content (AvgIpc) is 3.24. The van der Waals surface area contributed by atoms with Crippen molar-refractivity contribution in [2.24, 2.45) is 0 Å². The molecule has 2 saturated carbocycles. The second kappa shape index (κ2) is 6.80. The van der Waals surface area contributed by atoms with Crippen LogP contribution < -0.4 is 5.73 Å². The largest absolute Gasteiger partial charge is 0.377 e. The second-order valence-corrected chi connectivity index (χ2v) is 6.84. The number of rotatable bonds is 6. The highest BCUT2D eigenvalue weighted by molar-refractivity contribution is 7.99. The zero-order chi connectivity index (χ0) is 13.8. The third-order valence-corrected chi connectivity index (χ3v) is 4.98. The van der Waals surface area contributed by atoms with E-state index in [-0.39, 0.29) is 0 Å². The minimum Gasteiger partial charge on any atom is -0.377 e. The fourth-order valence-electron chi connectivity index (χ4n) is 2.82. The van der Waals surface area contributed by atoms with E-state index in [1.807, 2.05) is 0 Å². The molecule has 2 fully saturated rings. The molecule has 20 heavy (non-hydrogen) atoms. The van der Waals surface area contributed by atoms with Crippen LogP contribution in [-0.4, -0.2) is 33.2 Å². The first-order valence-corrected chi connectivity index (χ1v) is 8.78. The van der Waals surface area contributed by atoms with Crippen LogP contribution in [0, 0.1) is 0 Å². The van der Waals surface area contributed by atoms with Crippen LogP contribution in [0.5, 0.6) is 0 Å². The molecule has 3 rings (SSSR count). The molecule has 1 aromatic rings. The number of nitrogens with two attached hydrogens (primary N) is 1. The third-order valence-electron chi connectivity index (χ3n) is 4.07. The lowest BCUT2D eigenvalue weighted by Gasteiger charge is -2.15. The van der Waals surface area contributed by atoms with Crippen LogP contribution in [0.3, 0.4) is 0 Å². The molecule has 6 heteroatoms. The molecule has 0 aromatic carbocycles. The zero-order valence-corrected chi connectivity index (χ0v) is 12.8. The first-order chi connectivity index (χ1) is 9.84. The van der Waals surface area contributed by atoms with E-state index < -0.39 is 0 Å². The number of aromatic nitrogens is 3. The van der Waals surface area contributed by atoms with Crippen LogP contribution >= 0.6 is 11.8 Å². The number of nitrogens with zero attached hydrogens (tertiary/aromatic N) is 3. The Balaban J connectivity index is 1.41. The molecule has 0 amide bonds. The van der Waals surface area contributed by atoms with E-state index in [1.54, 1.807) is 11.8 Å². The van der Waals surface area contributed by atoms with Gasteiger partial charge in [-0.1, -0.05) is 37.4 Å². The molecule has 0 bridgehead atoms. The molecular formula is C14H24N4OS. The first-order valence-electron chi connectivity index (χ1n) is 7.79. The quantitative estimate of drug-likeness (QED) is 0.496. The Labute approximate surface area is 124 Å². The van der Waals surface area contributed by atoms with Gasteiger partial charge in [0.15, 0.2) is 5.16 Å². The molecule has 2 aliphatic rings. The molecule has 2 N–H and O–H groups in total. The van der Waals surface area contributed by atoms with Gasteiger partial charge in [-0.2, -0.15) is 0 Å². The molecule has 1 heterocycles. The lowest BCUT2D eigenvalue weighted by Crippen LogP contribution is -2.13. The Morgan fingerprint density at radius 2 is 1.85 bits per heavy atom. The summed E-state index contributed by atoms with van der Waals surface area (Å²) in [4.78, 5) is 0. The van der Waals surface area contributed by atoms with Crippen molar-refractivity contribution in [2.45, 2.75) is 68.7 Å². The lowest BCUT2D eigenvalue weighted by molar-refractivity contribution is 0.0542. The summed E-state index contributed by atoms with van der Waals surface area (Å²) in [7, 11) is 0. The van der Waals surface area contributed by atoms with Gasteiger partial charge in [-0.15, -0.1) is 10.2 Å². The van der Waals surface area contributed by atoms with Gasteiger partial charge in [-0.3, -0.25) is 4.57 Å². The first kappa shape index (κ1) is 14.2. The van der Waals surface area contributed by atoms with Gasteiger partial charge in [0, 0.05) is 11.8 Å². The Hall–Kier alpha value is -0.750. The van der Waals surface area contributed by atoms with Crippen molar-refractivity contribution in [3.05, 3.63) is 0 Å². The van der Waals surface area contributed by atoms with Gasteiger partial charge in [0.05, 0.1) is 12.7 Å². The van der Waals surface area contributed by atoms with Gasteiger partial charge in [0.25, 0.3) is 0 Å².